The van der Waals surface area contributed by atoms with Crippen LogP contribution in [0, 0.1) is 13.8 Å². The maximum absolute atomic E-state index is 5.26. The normalized spacial score (nSPS) is 11.8. The van der Waals surface area contributed by atoms with Crippen LogP contribution in [0.3, 0.4) is 0 Å². The number of rotatable bonds is 6. The van der Waals surface area contributed by atoms with Crippen molar-refractivity contribution in [2.75, 3.05) is 12.4 Å². The van der Waals surface area contributed by atoms with Gasteiger partial charge in [0.1, 0.15) is 0 Å². The predicted molar refractivity (Wildman–Crippen MR) is 87.0 cm³/mol. The Morgan fingerprint density at radius 1 is 1.24 bits per heavy atom. The lowest BCUT2D eigenvalue weighted by atomic mass is 10.1. The van der Waals surface area contributed by atoms with E-state index in [1.54, 1.807) is 0 Å². The minimum Gasteiger partial charge on any atom is -0.376 e. The Kier molecular flexibility index (Phi) is 6.65. The Hall–Kier alpha value is -1.59. The number of benzene rings is 1. The van der Waals surface area contributed by atoms with Gasteiger partial charge >= 0.3 is 0 Å². The van der Waals surface area contributed by atoms with Gasteiger partial charge in [-0.15, -0.1) is 12.4 Å². The smallest absolute Gasteiger partial charge is 0.245 e. The zero-order valence-corrected chi connectivity index (χ0v) is 13.8. The molecule has 0 fully saturated rings. The maximum atomic E-state index is 5.26. The fraction of sp³-hybridized carbons (Fsp3) is 0.467. The van der Waals surface area contributed by atoms with E-state index in [0.717, 1.165) is 17.9 Å². The Morgan fingerprint density at radius 2 is 1.90 bits per heavy atom. The molecule has 1 aromatic carbocycles. The van der Waals surface area contributed by atoms with Crippen LogP contribution in [0.2, 0.25) is 0 Å². The Balaban J connectivity index is 0.00000220. The number of aromatic nitrogens is 2. The van der Waals surface area contributed by atoms with Crippen molar-refractivity contribution in [2.24, 2.45) is 0 Å². The number of aryl methyl sites for hydroxylation is 2. The second-order valence-corrected chi connectivity index (χ2v) is 5.12. The van der Waals surface area contributed by atoms with Gasteiger partial charge in [-0.1, -0.05) is 23.4 Å². The van der Waals surface area contributed by atoms with Crippen LogP contribution >= 0.6 is 12.4 Å². The van der Waals surface area contributed by atoms with Crippen LogP contribution in [-0.4, -0.2) is 23.2 Å². The molecule has 21 heavy (non-hydrogen) atoms. The van der Waals surface area contributed by atoms with E-state index in [0.29, 0.717) is 18.5 Å². The Bertz CT molecular complexity index is 550. The lowest BCUT2D eigenvalue weighted by molar-refractivity contribution is 0.375. The second kappa shape index (κ2) is 8.00. The quantitative estimate of drug-likeness (QED) is 0.859. The molecule has 0 amide bonds. The number of anilines is 1. The highest BCUT2D eigenvalue weighted by Gasteiger charge is 2.10. The molecular formula is C15H23ClN4O. The molecule has 0 radical (unpaired) electrons. The molecule has 5 nitrogen and oxygen atoms in total. The first kappa shape index (κ1) is 17.5. The standard InChI is InChI=1S/C15H22N4O.ClH/c1-10-6-5-7-11(2)15(10)17-9-14-18-13(19-20-14)8-12(3)16-4;/h5-7,12,16-17H,8-9H2,1-4H3;1H. The van der Waals surface area contributed by atoms with E-state index >= 15 is 0 Å². The van der Waals surface area contributed by atoms with Crippen molar-refractivity contribution in [1.29, 1.82) is 0 Å². The largest absolute Gasteiger partial charge is 0.376 e. The third kappa shape index (κ3) is 4.72. The number of likely N-dealkylation sites (N-methyl/N-ethyl adjacent to an activating group) is 1. The summed E-state index contributed by atoms with van der Waals surface area (Å²) in [7, 11) is 1.92. The second-order valence-electron chi connectivity index (χ2n) is 5.12. The van der Waals surface area contributed by atoms with Crippen molar-refractivity contribution in [3.63, 3.8) is 0 Å². The van der Waals surface area contributed by atoms with E-state index in [1.807, 2.05) is 7.05 Å². The highest BCUT2D eigenvalue weighted by Crippen LogP contribution is 2.19. The minimum absolute atomic E-state index is 0. The summed E-state index contributed by atoms with van der Waals surface area (Å²) < 4.78 is 5.26. The molecule has 2 rings (SSSR count). The lowest BCUT2D eigenvalue weighted by Crippen LogP contribution is -2.24. The summed E-state index contributed by atoms with van der Waals surface area (Å²) >= 11 is 0. The molecule has 2 aromatic rings. The molecule has 6 heteroatoms. The Morgan fingerprint density at radius 3 is 2.52 bits per heavy atom. The Labute approximate surface area is 131 Å². The van der Waals surface area contributed by atoms with E-state index in [-0.39, 0.29) is 12.4 Å². The molecule has 0 saturated carbocycles. The van der Waals surface area contributed by atoms with Gasteiger partial charge in [0.05, 0.1) is 6.54 Å². The van der Waals surface area contributed by atoms with E-state index < -0.39 is 0 Å². The average Bonchev–Trinajstić information content (AvgIpc) is 2.85. The number of nitrogens with zero attached hydrogens (tertiary/aromatic N) is 2. The van der Waals surface area contributed by atoms with E-state index in [9.17, 15) is 0 Å². The molecule has 0 aliphatic carbocycles. The van der Waals surface area contributed by atoms with Crippen molar-refractivity contribution in [2.45, 2.75) is 39.8 Å². The van der Waals surface area contributed by atoms with Gasteiger partial charge in [-0.3, -0.25) is 0 Å². The fourth-order valence-electron chi connectivity index (χ4n) is 2.08. The first-order chi connectivity index (χ1) is 9.60. The number of hydrogen-bond donors (Lipinski definition) is 2. The lowest BCUT2D eigenvalue weighted by Gasteiger charge is -2.10. The molecule has 116 valence electrons. The highest BCUT2D eigenvalue weighted by molar-refractivity contribution is 5.85. The average molecular weight is 311 g/mol. The van der Waals surface area contributed by atoms with Gasteiger partial charge in [0.15, 0.2) is 5.82 Å². The first-order valence-corrected chi connectivity index (χ1v) is 6.89. The van der Waals surface area contributed by atoms with Gasteiger partial charge in [-0.05, 0) is 38.9 Å². The van der Waals surface area contributed by atoms with E-state index in [1.165, 1.54) is 11.1 Å². The molecule has 0 aliphatic heterocycles. The van der Waals surface area contributed by atoms with E-state index in [4.69, 9.17) is 4.52 Å². The molecule has 0 aliphatic rings. The number of para-hydroxylation sites is 1. The van der Waals surface area contributed by atoms with Crippen LogP contribution in [0.25, 0.3) is 0 Å². The molecule has 1 atom stereocenters. The van der Waals surface area contributed by atoms with Gasteiger partial charge in [-0.25, -0.2) is 0 Å². The van der Waals surface area contributed by atoms with Crippen LogP contribution in [0.15, 0.2) is 22.7 Å². The molecule has 1 heterocycles. The molecule has 1 aromatic heterocycles. The van der Waals surface area contributed by atoms with Crippen molar-refractivity contribution in [1.82, 2.24) is 15.5 Å². The highest BCUT2D eigenvalue weighted by atomic mass is 35.5. The summed E-state index contributed by atoms with van der Waals surface area (Å²) in [6.45, 7) is 6.81. The van der Waals surface area contributed by atoms with Gasteiger partial charge in [0, 0.05) is 18.2 Å². The predicted octanol–water partition coefficient (Wildman–Crippen LogP) is 2.87. The van der Waals surface area contributed by atoms with Gasteiger partial charge in [0.2, 0.25) is 5.89 Å². The van der Waals surface area contributed by atoms with Gasteiger partial charge < -0.3 is 15.2 Å². The van der Waals surface area contributed by atoms with Crippen LogP contribution in [0.5, 0.6) is 0 Å². The topological polar surface area (TPSA) is 63.0 Å². The minimum atomic E-state index is 0. The van der Waals surface area contributed by atoms with Gasteiger partial charge in [0.25, 0.3) is 0 Å². The SMILES string of the molecule is CNC(C)Cc1noc(CNc2c(C)cccc2C)n1.Cl. The van der Waals surface area contributed by atoms with Crippen LogP contribution in [-0.2, 0) is 13.0 Å². The monoisotopic (exact) mass is 310 g/mol. The maximum Gasteiger partial charge on any atom is 0.245 e. The van der Waals surface area contributed by atoms with Crippen molar-refractivity contribution in [3.05, 3.63) is 41.0 Å². The number of hydrogen-bond acceptors (Lipinski definition) is 5. The summed E-state index contributed by atoms with van der Waals surface area (Å²) in [6.07, 6.45) is 0.767. The molecule has 0 saturated heterocycles. The number of nitrogens with one attached hydrogen (secondary N) is 2. The number of halogens is 1. The molecule has 0 bridgehead atoms. The fourth-order valence-corrected chi connectivity index (χ4v) is 2.08. The summed E-state index contributed by atoms with van der Waals surface area (Å²) in [5.41, 5.74) is 3.57. The molecule has 1 unspecified atom stereocenters. The van der Waals surface area contributed by atoms with Crippen molar-refractivity contribution in [3.8, 4) is 0 Å². The third-order valence-corrected chi connectivity index (χ3v) is 3.39. The molecule has 2 N–H and O–H groups in total. The van der Waals surface area contributed by atoms with Crippen molar-refractivity contribution >= 4 is 18.1 Å². The first-order valence-electron chi connectivity index (χ1n) is 6.89. The van der Waals surface area contributed by atoms with Crippen molar-refractivity contribution < 1.29 is 4.52 Å². The van der Waals surface area contributed by atoms with E-state index in [2.05, 4.69) is 59.7 Å². The summed E-state index contributed by atoms with van der Waals surface area (Å²) in [6, 6.07) is 6.57. The third-order valence-electron chi connectivity index (χ3n) is 3.39. The molecular weight excluding hydrogens is 288 g/mol. The van der Waals surface area contributed by atoms with Crippen LogP contribution in [0.4, 0.5) is 5.69 Å². The van der Waals surface area contributed by atoms with Gasteiger partial charge in [-0.2, -0.15) is 4.98 Å². The molecule has 0 spiro atoms. The van der Waals surface area contributed by atoms with Crippen LogP contribution < -0.4 is 10.6 Å². The zero-order valence-electron chi connectivity index (χ0n) is 12.9. The van der Waals surface area contributed by atoms with Crippen LogP contribution in [0.1, 0.15) is 29.8 Å². The summed E-state index contributed by atoms with van der Waals surface area (Å²) in [5.74, 6) is 1.36. The summed E-state index contributed by atoms with van der Waals surface area (Å²) in [5, 5.41) is 10.5. The summed E-state index contributed by atoms with van der Waals surface area (Å²) in [4.78, 5) is 4.39. The zero-order chi connectivity index (χ0) is 14.5.